The molecule has 0 atom stereocenters. The van der Waals surface area contributed by atoms with Crippen molar-refractivity contribution < 1.29 is 4.79 Å². The number of halogens is 1. The molecule has 7 heteroatoms. The Labute approximate surface area is 131 Å². The summed E-state index contributed by atoms with van der Waals surface area (Å²) in [4.78, 5) is 16.1. The fourth-order valence-corrected chi connectivity index (χ4v) is 2.10. The normalized spacial score (nSPS) is 10.5. The minimum atomic E-state index is -0.297. The highest BCUT2D eigenvalue weighted by molar-refractivity contribution is 6.30. The van der Waals surface area contributed by atoms with Crippen LogP contribution in [-0.4, -0.2) is 25.7 Å². The van der Waals surface area contributed by atoms with Crippen molar-refractivity contribution in [2.24, 2.45) is 0 Å². The molecule has 0 unspecified atom stereocenters. The van der Waals surface area contributed by atoms with E-state index >= 15 is 0 Å². The number of aromatic nitrogens is 4. The van der Waals surface area contributed by atoms with Gasteiger partial charge in [-0.1, -0.05) is 17.7 Å². The van der Waals surface area contributed by atoms with Crippen molar-refractivity contribution in [3.8, 4) is 5.69 Å². The van der Waals surface area contributed by atoms with Gasteiger partial charge in [0.15, 0.2) is 0 Å². The van der Waals surface area contributed by atoms with E-state index in [1.807, 2.05) is 29.7 Å². The quantitative estimate of drug-likeness (QED) is 0.807. The zero-order valence-corrected chi connectivity index (χ0v) is 12.4. The molecule has 0 radical (unpaired) electrons. The minimum absolute atomic E-state index is 0.297. The molecule has 0 aliphatic rings. The van der Waals surface area contributed by atoms with E-state index in [1.165, 1.54) is 6.20 Å². The van der Waals surface area contributed by atoms with E-state index in [-0.39, 0.29) is 5.91 Å². The second-order valence-corrected chi connectivity index (χ2v) is 5.05. The highest BCUT2D eigenvalue weighted by Crippen LogP contribution is 2.16. The van der Waals surface area contributed by atoms with Crippen LogP contribution in [0, 0.1) is 6.92 Å². The number of hydrogen-bond donors (Lipinski definition) is 1. The maximum absolute atomic E-state index is 12.1. The Morgan fingerprint density at radius 2 is 2.14 bits per heavy atom. The van der Waals surface area contributed by atoms with Gasteiger partial charge in [0.25, 0.3) is 5.91 Å². The van der Waals surface area contributed by atoms with E-state index < -0.39 is 0 Å². The lowest BCUT2D eigenvalue weighted by atomic mass is 10.2. The molecular formula is C15H12ClN5O. The fourth-order valence-electron chi connectivity index (χ4n) is 1.99. The molecular weight excluding hydrogens is 302 g/mol. The predicted molar refractivity (Wildman–Crippen MR) is 83.3 cm³/mol. The number of nitrogens with zero attached hydrogens (tertiary/aromatic N) is 4. The third-order valence-electron chi connectivity index (χ3n) is 3.06. The Balaban J connectivity index is 1.82. The summed E-state index contributed by atoms with van der Waals surface area (Å²) in [5, 5.41) is 11.1. The summed E-state index contributed by atoms with van der Waals surface area (Å²) in [6, 6.07) is 10.6. The molecule has 1 aromatic carbocycles. The summed E-state index contributed by atoms with van der Waals surface area (Å²) < 4.78 is 1.83. The molecule has 3 rings (SSSR count). The number of hydrogen-bond acceptors (Lipinski definition) is 4. The summed E-state index contributed by atoms with van der Waals surface area (Å²) in [6.07, 6.45) is 3.06. The molecule has 2 aromatic heterocycles. The summed E-state index contributed by atoms with van der Waals surface area (Å²) in [7, 11) is 0. The first-order valence-corrected chi connectivity index (χ1v) is 6.91. The molecule has 3 aromatic rings. The summed E-state index contributed by atoms with van der Waals surface area (Å²) >= 11 is 5.76. The van der Waals surface area contributed by atoms with Crippen LogP contribution in [0.4, 0.5) is 5.69 Å². The van der Waals surface area contributed by atoms with Gasteiger partial charge in [-0.2, -0.15) is 0 Å². The Bertz CT molecular complexity index is 813. The van der Waals surface area contributed by atoms with E-state index in [9.17, 15) is 4.79 Å². The van der Waals surface area contributed by atoms with Gasteiger partial charge in [-0.25, -0.2) is 4.98 Å². The number of amides is 1. The molecule has 6 nitrogen and oxygen atoms in total. The van der Waals surface area contributed by atoms with Crippen LogP contribution in [0.1, 0.15) is 16.3 Å². The number of anilines is 1. The van der Waals surface area contributed by atoms with Crippen molar-refractivity contribution in [3.05, 3.63) is 65.5 Å². The van der Waals surface area contributed by atoms with E-state index in [1.54, 1.807) is 24.5 Å². The predicted octanol–water partition coefficient (Wildman–Crippen LogP) is 2.88. The number of nitrogens with one attached hydrogen (secondary N) is 1. The lowest BCUT2D eigenvalue weighted by Crippen LogP contribution is -2.13. The summed E-state index contributed by atoms with van der Waals surface area (Å²) in [5.74, 6) is 0.470. The van der Waals surface area contributed by atoms with Crippen molar-refractivity contribution in [2.45, 2.75) is 6.92 Å². The lowest BCUT2D eigenvalue weighted by molar-refractivity contribution is 0.102. The van der Waals surface area contributed by atoms with Gasteiger partial charge in [-0.3, -0.25) is 9.36 Å². The third-order valence-corrected chi connectivity index (χ3v) is 3.28. The Morgan fingerprint density at radius 1 is 1.27 bits per heavy atom. The Hall–Kier alpha value is -2.73. The monoisotopic (exact) mass is 313 g/mol. The molecule has 22 heavy (non-hydrogen) atoms. The Morgan fingerprint density at radius 3 is 2.82 bits per heavy atom. The van der Waals surface area contributed by atoms with Gasteiger partial charge < -0.3 is 5.32 Å². The fraction of sp³-hybridized carbons (Fsp3) is 0.0667. The highest BCUT2D eigenvalue weighted by Gasteiger charge is 2.09. The maximum Gasteiger partial charge on any atom is 0.274 e. The van der Waals surface area contributed by atoms with Gasteiger partial charge in [-0.15, -0.1) is 10.2 Å². The van der Waals surface area contributed by atoms with Crippen LogP contribution in [0.2, 0.25) is 5.02 Å². The van der Waals surface area contributed by atoms with E-state index in [0.717, 1.165) is 11.5 Å². The highest BCUT2D eigenvalue weighted by atomic mass is 35.5. The number of aryl methyl sites for hydroxylation is 1. The van der Waals surface area contributed by atoms with Gasteiger partial charge in [0.1, 0.15) is 17.8 Å². The van der Waals surface area contributed by atoms with Crippen LogP contribution in [0.15, 0.2) is 48.9 Å². The smallest absolute Gasteiger partial charge is 0.274 e. The molecule has 0 saturated carbocycles. The number of rotatable bonds is 3. The second-order valence-electron chi connectivity index (χ2n) is 4.61. The van der Waals surface area contributed by atoms with Crippen molar-refractivity contribution in [2.75, 3.05) is 5.32 Å². The molecule has 0 aliphatic carbocycles. The molecule has 0 aliphatic heterocycles. The number of pyridine rings is 1. The molecule has 1 N–H and O–H groups in total. The largest absolute Gasteiger partial charge is 0.321 e. The maximum atomic E-state index is 12.1. The van der Waals surface area contributed by atoms with Gasteiger partial charge in [0.2, 0.25) is 0 Å². The third kappa shape index (κ3) is 2.96. The second kappa shape index (κ2) is 5.95. The molecule has 1 amide bonds. The van der Waals surface area contributed by atoms with Crippen LogP contribution < -0.4 is 5.32 Å². The first-order chi connectivity index (χ1) is 10.6. The number of carbonyl (C=O) groups excluding carboxylic acids is 1. The number of carbonyl (C=O) groups is 1. The first-order valence-electron chi connectivity index (χ1n) is 6.53. The van der Waals surface area contributed by atoms with Gasteiger partial charge in [0.05, 0.1) is 10.7 Å². The topological polar surface area (TPSA) is 72.7 Å². The van der Waals surface area contributed by atoms with Crippen LogP contribution in [0.5, 0.6) is 0 Å². The van der Waals surface area contributed by atoms with Crippen LogP contribution in [0.3, 0.4) is 0 Å². The molecule has 0 saturated heterocycles. The first kappa shape index (κ1) is 14.2. The van der Waals surface area contributed by atoms with Gasteiger partial charge >= 0.3 is 0 Å². The summed E-state index contributed by atoms with van der Waals surface area (Å²) in [5.41, 5.74) is 1.83. The van der Waals surface area contributed by atoms with Gasteiger partial charge in [0, 0.05) is 11.9 Å². The molecule has 110 valence electrons. The van der Waals surface area contributed by atoms with Crippen LogP contribution in [-0.2, 0) is 0 Å². The Kier molecular flexibility index (Phi) is 3.84. The summed E-state index contributed by atoms with van der Waals surface area (Å²) in [6.45, 7) is 1.86. The standard InChI is InChI=1S/C15H12ClN5O/c1-10-20-18-9-21(10)13-4-2-3-12(7-13)19-15(22)14-6-5-11(16)8-17-14/h2-9H,1H3,(H,19,22). The van der Waals surface area contributed by atoms with E-state index in [4.69, 9.17) is 11.6 Å². The zero-order valence-electron chi connectivity index (χ0n) is 11.7. The number of benzene rings is 1. The van der Waals surface area contributed by atoms with Gasteiger partial charge in [-0.05, 0) is 37.3 Å². The lowest BCUT2D eigenvalue weighted by Gasteiger charge is -2.08. The van der Waals surface area contributed by atoms with Crippen molar-refractivity contribution in [1.29, 1.82) is 0 Å². The SMILES string of the molecule is Cc1nncn1-c1cccc(NC(=O)c2ccc(Cl)cn2)c1. The average Bonchev–Trinajstić information content (AvgIpc) is 2.94. The zero-order chi connectivity index (χ0) is 15.5. The van der Waals surface area contributed by atoms with Crippen molar-refractivity contribution >= 4 is 23.2 Å². The molecule has 2 heterocycles. The molecule has 0 fully saturated rings. The van der Waals surface area contributed by atoms with Crippen molar-refractivity contribution in [1.82, 2.24) is 19.7 Å². The van der Waals surface area contributed by atoms with E-state index in [2.05, 4.69) is 20.5 Å². The average molecular weight is 314 g/mol. The van der Waals surface area contributed by atoms with E-state index in [0.29, 0.717) is 16.4 Å². The molecule has 0 bridgehead atoms. The van der Waals surface area contributed by atoms with Crippen molar-refractivity contribution in [3.63, 3.8) is 0 Å². The van der Waals surface area contributed by atoms with Crippen LogP contribution >= 0.6 is 11.6 Å². The minimum Gasteiger partial charge on any atom is -0.321 e. The van der Waals surface area contributed by atoms with Crippen LogP contribution in [0.25, 0.3) is 5.69 Å². The molecule has 0 spiro atoms.